The van der Waals surface area contributed by atoms with Gasteiger partial charge in [-0.1, -0.05) is 6.07 Å². The molecule has 4 aromatic rings. The molecule has 49 heavy (non-hydrogen) atoms. The average molecular weight is 672 g/mol. The van der Waals surface area contributed by atoms with Crippen LogP contribution in [-0.2, 0) is 11.3 Å². The number of hydrogen-bond donors (Lipinski definition) is 4. The number of benzene rings is 4. The number of ketones is 1. The van der Waals surface area contributed by atoms with Gasteiger partial charge in [0, 0.05) is 43.1 Å². The van der Waals surface area contributed by atoms with Crippen LogP contribution in [0.15, 0.2) is 95.2 Å². The Kier molecular flexibility index (Phi) is 12.9. The molecule has 0 fully saturated rings. The lowest BCUT2D eigenvalue weighted by atomic mass is 10.0. The summed E-state index contributed by atoms with van der Waals surface area (Å²) in [5.74, 6) is -4.40. The number of ether oxygens (including phenoxy) is 1. The van der Waals surface area contributed by atoms with Crippen LogP contribution >= 0.6 is 0 Å². The zero-order chi connectivity index (χ0) is 35.3. The molecule has 13 heteroatoms. The van der Waals surface area contributed by atoms with E-state index < -0.39 is 47.6 Å². The number of nitrogen functional groups attached to an aromatic ring is 1. The molecule has 0 aliphatic heterocycles. The van der Waals surface area contributed by atoms with Crippen LogP contribution in [-0.4, -0.2) is 50.9 Å². The maximum Gasteiger partial charge on any atom is 0.251 e. The van der Waals surface area contributed by atoms with E-state index in [9.17, 15) is 23.2 Å². The van der Waals surface area contributed by atoms with Crippen molar-refractivity contribution in [2.45, 2.75) is 31.8 Å². The first-order valence-corrected chi connectivity index (χ1v) is 15.6. The fourth-order valence-corrected chi connectivity index (χ4v) is 4.72. The molecule has 4 aromatic carbocycles. The minimum atomic E-state index is -1.05. The zero-order valence-corrected chi connectivity index (χ0v) is 27.3. The molecular weight excluding hydrogens is 632 g/mol. The number of amides is 2. The van der Waals surface area contributed by atoms with Crippen LogP contribution in [0.3, 0.4) is 0 Å². The molecule has 0 saturated heterocycles. The van der Waals surface area contributed by atoms with Gasteiger partial charge in [-0.25, -0.2) is 8.78 Å². The van der Waals surface area contributed by atoms with Gasteiger partial charge in [0.25, 0.3) is 11.8 Å². The lowest BCUT2D eigenvalue weighted by Crippen LogP contribution is -2.43. The van der Waals surface area contributed by atoms with Gasteiger partial charge in [0.2, 0.25) is 0 Å². The number of anilines is 2. The molecule has 0 aliphatic carbocycles. The van der Waals surface area contributed by atoms with E-state index in [1.165, 1.54) is 6.07 Å². The minimum absolute atomic E-state index is 0.141. The van der Waals surface area contributed by atoms with Crippen molar-refractivity contribution in [1.82, 2.24) is 10.6 Å². The predicted molar refractivity (Wildman–Crippen MR) is 184 cm³/mol. The molecule has 0 saturated carbocycles. The number of nitrogens with zero attached hydrogens (tertiary/aromatic N) is 3. The number of rotatable bonds is 16. The van der Waals surface area contributed by atoms with Gasteiger partial charge >= 0.3 is 0 Å². The van der Waals surface area contributed by atoms with Crippen LogP contribution in [0.1, 0.15) is 45.5 Å². The van der Waals surface area contributed by atoms with Gasteiger partial charge < -0.3 is 31.7 Å². The van der Waals surface area contributed by atoms with Crippen LogP contribution in [0.5, 0.6) is 5.75 Å². The van der Waals surface area contributed by atoms with Crippen molar-refractivity contribution in [3.63, 3.8) is 0 Å². The average Bonchev–Trinajstić information content (AvgIpc) is 3.09. The van der Waals surface area contributed by atoms with Crippen molar-refractivity contribution in [2.24, 2.45) is 16.0 Å². The van der Waals surface area contributed by atoms with E-state index in [1.54, 1.807) is 42.5 Å². The molecule has 256 valence electrons. The first kappa shape index (κ1) is 36.2. The van der Waals surface area contributed by atoms with Crippen LogP contribution in [0.2, 0.25) is 0 Å². The molecule has 2 amide bonds. The number of nitrogens with one attached hydrogen (secondary N) is 2. The van der Waals surface area contributed by atoms with Crippen molar-refractivity contribution in [3.8, 4) is 5.75 Å². The van der Waals surface area contributed by atoms with E-state index in [-0.39, 0.29) is 24.1 Å². The van der Waals surface area contributed by atoms with Crippen LogP contribution < -0.4 is 31.7 Å². The van der Waals surface area contributed by atoms with Crippen molar-refractivity contribution in [1.29, 1.82) is 0 Å². The molecule has 1 atom stereocenters. The number of Topliss-reactive ketones (excluding diaryl/α,β-unsaturated/α-hetero) is 1. The number of hydrogen-bond acceptors (Lipinski definition) is 9. The Balaban J connectivity index is 1.31. The topological polar surface area (TPSA) is 165 Å². The summed E-state index contributed by atoms with van der Waals surface area (Å²) in [6.07, 6.45) is 1.41. The number of nitrogens with two attached hydrogens (primary N) is 2. The summed E-state index contributed by atoms with van der Waals surface area (Å²) >= 11 is 0. The smallest absolute Gasteiger partial charge is 0.251 e. The van der Waals surface area contributed by atoms with Gasteiger partial charge in [-0.3, -0.25) is 14.4 Å². The first-order valence-electron chi connectivity index (χ1n) is 15.6. The fourth-order valence-electron chi connectivity index (χ4n) is 4.72. The Morgan fingerprint density at radius 1 is 0.837 bits per heavy atom. The van der Waals surface area contributed by atoms with Crippen molar-refractivity contribution in [3.05, 3.63) is 113 Å². The second kappa shape index (κ2) is 17.5. The Hall–Kier alpha value is -5.69. The number of halogens is 2. The summed E-state index contributed by atoms with van der Waals surface area (Å²) in [5, 5.41) is 13.7. The molecule has 0 spiro atoms. The maximum absolute atomic E-state index is 14.9. The monoisotopic (exact) mass is 671 g/mol. The largest absolute Gasteiger partial charge is 0.480 e. The molecule has 0 aliphatic rings. The first-order chi connectivity index (χ1) is 23.5. The standard InChI is InChI=1S/C36H39F2N7O4/c1-45(2)29-15-13-28(14-16-29)44-43-27-11-9-24(10-12-27)35(47)41-21-23-18-30(37)34(31(38)19-23)49-22-33(46)32(8-3-4-17-39)42-36(48)25-6-5-7-26(40)20-25/h5-7,9-16,18-20,32H,3-4,8,17,21-22,39-40H2,1-2H3,(H,41,47)(H,42,48)/b44-43+/t32-/m0/s1. The molecule has 0 radical (unpaired) electrons. The van der Waals surface area contributed by atoms with Crippen LogP contribution in [0.25, 0.3) is 0 Å². The van der Waals surface area contributed by atoms with Gasteiger partial charge in [0.15, 0.2) is 23.2 Å². The summed E-state index contributed by atoms with van der Waals surface area (Å²) < 4.78 is 35.1. The van der Waals surface area contributed by atoms with E-state index in [1.807, 2.05) is 43.3 Å². The van der Waals surface area contributed by atoms with Crippen LogP contribution in [0, 0.1) is 11.6 Å². The van der Waals surface area contributed by atoms with Gasteiger partial charge in [0.1, 0.15) is 6.61 Å². The molecular formula is C36H39F2N7O4. The summed E-state index contributed by atoms with van der Waals surface area (Å²) in [6.45, 7) is -0.460. The second-order valence-corrected chi connectivity index (χ2v) is 11.4. The Labute approximate surface area is 283 Å². The normalized spacial score (nSPS) is 11.6. The van der Waals surface area contributed by atoms with E-state index in [4.69, 9.17) is 16.2 Å². The summed E-state index contributed by atoms with van der Waals surface area (Å²) in [6, 6.07) is 21.2. The predicted octanol–water partition coefficient (Wildman–Crippen LogP) is 5.83. The van der Waals surface area contributed by atoms with E-state index in [2.05, 4.69) is 20.9 Å². The van der Waals surface area contributed by atoms with E-state index >= 15 is 0 Å². The van der Waals surface area contributed by atoms with E-state index in [0.29, 0.717) is 42.0 Å². The quantitative estimate of drug-likeness (QED) is 0.0661. The van der Waals surface area contributed by atoms with E-state index in [0.717, 1.165) is 17.8 Å². The van der Waals surface area contributed by atoms with Crippen molar-refractivity contribution >= 4 is 40.3 Å². The molecule has 11 nitrogen and oxygen atoms in total. The minimum Gasteiger partial charge on any atom is -0.480 e. The molecule has 0 unspecified atom stereocenters. The third kappa shape index (κ3) is 10.7. The lowest BCUT2D eigenvalue weighted by molar-refractivity contribution is -0.123. The highest BCUT2D eigenvalue weighted by Crippen LogP contribution is 2.25. The second-order valence-electron chi connectivity index (χ2n) is 11.4. The molecule has 0 aromatic heterocycles. The Morgan fingerprint density at radius 3 is 2.06 bits per heavy atom. The Morgan fingerprint density at radius 2 is 1.47 bits per heavy atom. The zero-order valence-electron chi connectivity index (χ0n) is 27.3. The molecule has 4 rings (SSSR count). The van der Waals surface area contributed by atoms with Crippen molar-refractivity contribution < 1.29 is 27.9 Å². The van der Waals surface area contributed by atoms with Gasteiger partial charge in [-0.2, -0.15) is 10.2 Å². The lowest BCUT2D eigenvalue weighted by Gasteiger charge is -2.18. The highest BCUT2D eigenvalue weighted by molar-refractivity contribution is 5.98. The van der Waals surface area contributed by atoms with Gasteiger partial charge in [0.05, 0.1) is 17.4 Å². The third-order valence-electron chi connectivity index (χ3n) is 7.44. The van der Waals surface area contributed by atoms with Crippen LogP contribution in [0.4, 0.5) is 31.5 Å². The number of carbonyl (C=O) groups excluding carboxylic acids is 3. The third-order valence-corrected chi connectivity index (χ3v) is 7.44. The van der Waals surface area contributed by atoms with Gasteiger partial charge in [-0.05, 0) is 110 Å². The maximum atomic E-state index is 14.9. The van der Waals surface area contributed by atoms with Crippen molar-refractivity contribution in [2.75, 3.05) is 37.9 Å². The molecule has 6 N–H and O–H groups in total. The summed E-state index contributed by atoms with van der Waals surface area (Å²) in [5.41, 5.74) is 14.7. The highest BCUT2D eigenvalue weighted by Gasteiger charge is 2.23. The number of unbranched alkanes of at least 4 members (excludes halogenated alkanes) is 1. The van der Waals surface area contributed by atoms with Gasteiger partial charge in [-0.15, -0.1) is 0 Å². The summed E-state index contributed by atoms with van der Waals surface area (Å²) in [7, 11) is 3.89. The summed E-state index contributed by atoms with van der Waals surface area (Å²) in [4.78, 5) is 40.4. The number of azo groups is 1. The molecule has 0 heterocycles. The molecule has 0 bridgehead atoms. The number of carbonyl (C=O) groups is 3. The Bertz CT molecular complexity index is 1760. The SMILES string of the molecule is CN(C)c1ccc(/N=N/c2ccc(C(=O)NCc3cc(F)c(OCC(=O)[C@H](CCCCN)NC(=O)c4cccc(N)c4)c(F)c3)cc2)cc1. The fraction of sp³-hybridized carbons (Fsp3) is 0.250. The highest BCUT2D eigenvalue weighted by atomic mass is 19.1.